The van der Waals surface area contributed by atoms with Gasteiger partial charge in [-0.2, -0.15) is 11.8 Å². The first kappa shape index (κ1) is 25.8. The van der Waals surface area contributed by atoms with Crippen LogP contribution in [0.3, 0.4) is 0 Å². The molecule has 6 nitrogen and oxygen atoms in total. The van der Waals surface area contributed by atoms with Crippen LogP contribution in [0.2, 0.25) is 0 Å². The van der Waals surface area contributed by atoms with Crippen molar-refractivity contribution in [3.8, 4) is 5.75 Å². The first-order valence-corrected chi connectivity index (χ1v) is 14.0. The molecule has 8 heteroatoms. The van der Waals surface area contributed by atoms with Gasteiger partial charge in [0, 0.05) is 17.9 Å². The highest BCUT2D eigenvalue weighted by atomic mass is 79.9. The molecule has 1 aromatic rings. The van der Waals surface area contributed by atoms with Gasteiger partial charge in [-0.05, 0) is 70.8 Å². The third kappa shape index (κ3) is 6.88. The van der Waals surface area contributed by atoms with Crippen molar-refractivity contribution < 1.29 is 23.6 Å². The molecule has 0 radical (unpaired) electrons. The van der Waals surface area contributed by atoms with Crippen molar-refractivity contribution in [1.29, 1.82) is 0 Å². The number of methoxy groups -OCH3 is 1. The summed E-state index contributed by atoms with van der Waals surface area (Å²) in [6.45, 7) is 0.583. The van der Waals surface area contributed by atoms with Crippen LogP contribution < -0.4 is 10.1 Å². The molecular weight excluding hydrogens is 528 g/mol. The normalized spacial score (nSPS) is 21.1. The van der Waals surface area contributed by atoms with Gasteiger partial charge in [0.05, 0.1) is 11.6 Å². The van der Waals surface area contributed by atoms with Gasteiger partial charge >= 0.3 is 5.91 Å². The van der Waals surface area contributed by atoms with E-state index in [2.05, 4.69) is 21.2 Å². The maximum Gasteiger partial charge on any atom is 0.455 e. The monoisotopic (exact) mass is 559 g/mol. The number of amides is 2. The maximum absolute atomic E-state index is 13.3. The summed E-state index contributed by atoms with van der Waals surface area (Å²) in [6, 6.07) is 5.54. The lowest BCUT2D eigenvalue weighted by molar-refractivity contribution is -0.443. The van der Waals surface area contributed by atoms with Crippen molar-refractivity contribution in [3.63, 3.8) is 0 Å². The number of rotatable bonds is 9. The summed E-state index contributed by atoms with van der Waals surface area (Å²) in [6.07, 6.45) is 16.4. The largest absolute Gasteiger partial charge is 0.496 e. The SMILES string of the molecule is COc1ccc(/C=C2\OC3C=CC=CC3=[N+](CC(=O)NCCCSC3CCCCC3)C2=O)cc1Br. The van der Waals surface area contributed by atoms with E-state index in [0.29, 0.717) is 18.0 Å². The molecule has 0 aromatic heterocycles. The van der Waals surface area contributed by atoms with Gasteiger partial charge in [0.15, 0.2) is 0 Å². The van der Waals surface area contributed by atoms with E-state index in [9.17, 15) is 9.59 Å². The number of halogens is 1. The van der Waals surface area contributed by atoms with Gasteiger partial charge in [-0.25, -0.2) is 4.79 Å². The number of fused-ring (bicyclic) bond motifs is 1. The average Bonchev–Trinajstić information content (AvgIpc) is 2.87. The van der Waals surface area contributed by atoms with E-state index in [1.807, 2.05) is 54.3 Å². The van der Waals surface area contributed by atoms with Crippen LogP contribution >= 0.6 is 27.7 Å². The molecule has 186 valence electrons. The Morgan fingerprint density at radius 2 is 2.11 bits per heavy atom. The molecule has 1 unspecified atom stereocenters. The lowest BCUT2D eigenvalue weighted by Gasteiger charge is -2.22. The standard InChI is InChI=1S/C27H31BrN2O4S/c1-33-23-13-12-19(16-21(23)28)17-25-27(32)30(22-10-5-6-11-24(22)34-25)18-26(31)29-14-7-15-35-20-8-3-2-4-9-20/h5-6,10-13,16-17,20,24H,2-4,7-9,14-15,18H2,1H3/p+1/b25-17-. The Hall–Kier alpha value is -2.32. The maximum atomic E-state index is 13.3. The van der Waals surface area contributed by atoms with Gasteiger partial charge < -0.3 is 14.8 Å². The molecule has 0 bridgehead atoms. The minimum absolute atomic E-state index is 0.0361. The molecule has 35 heavy (non-hydrogen) atoms. The van der Waals surface area contributed by atoms with E-state index >= 15 is 0 Å². The van der Waals surface area contributed by atoms with Crippen molar-refractivity contribution in [2.24, 2.45) is 0 Å². The third-order valence-corrected chi connectivity index (χ3v) is 8.39. The van der Waals surface area contributed by atoms with E-state index in [1.165, 1.54) is 36.7 Å². The van der Waals surface area contributed by atoms with Crippen LogP contribution in [0.1, 0.15) is 44.1 Å². The molecule has 1 aromatic carbocycles. The Morgan fingerprint density at radius 1 is 1.29 bits per heavy atom. The minimum Gasteiger partial charge on any atom is -0.496 e. The highest BCUT2D eigenvalue weighted by Crippen LogP contribution is 2.29. The summed E-state index contributed by atoms with van der Waals surface area (Å²) in [5, 5.41) is 3.77. The van der Waals surface area contributed by atoms with Crippen molar-refractivity contribution in [2.75, 3.05) is 26.0 Å². The van der Waals surface area contributed by atoms with Gasteiger partial charge in [0.25, 0.3) is 5.91 Å². The minimum atomic E-state index is -0.412. The quantitative estimate of drug-likeness (QED) is 0.265. The van der Waals surface area contributed by atoms with E-state index in [-0.39, 0.29) is 24.1 Å². The van der Waals surface area contributed by atoms with E-state index < -0.39 is 6.10 Å². The molecule has 2 amide bonds. The van der Waals surface area contributed by atoms with E-state index in [0.717, 1.165) is 27.5 Å². The Kier molecular flexibility index (Phi) is 9.26. The summed E-state index contributed by atoms with van der Waals surface area (Å²) < 4.78 is 13.6. The average molecular weight is 561 g/mol. The van der Waals surface area contributed by atoms with Crippen LogP contribution in [0.15, 0.2) is 52.7 Å². The van der Waals surface area contributed by atoms with Gasteiger partial charge in [-0.3, -0.25) is 4.79 Å². The number of benzene rings is 1. The van der Waals surface area contributed by atoms with Crippen molar-refractivity contribution in [3.05, 3.63) is 58.3 Å². The number of thioether (sulfide) groups is 1. The van der Waals surface area contributed by atoms with Gasteiger partial charge in [0.2, 0.25) is 24.1 Å². The second-order valence-corrected chi connectivity index (χ2v) is 11.1. The van der Waals surface area contributed by atoms with Crippen LogP contribution in [0.25, 0.3) is 6.08 Å². The van der Waals surface area contributed by atoms with Crippen LogP contribution in [0.4, 0.5) is 0 Å². The molecule has 1 aliphatic heterocycles. The summed E-state index contributed by atoms with van der Waals surface area (Å²) >= 11 is 5.51. The number of nitrogens with one attached hydrogen (secondary N) is 1. The fourth-order valence-electron chi connectivity index (χ4n) is 4.46. The second kappa shape index (κ2) is 12.6. The zero-order valence-electron chi connectivity index (χ0n) is 20.0. The van der Waals surface area contributed by atoms with Crippen LogP contribution in [-0.4, -0.2) is 59.4 Å². The molecule has 4 rings (SSSR count). The molecule has 1 heterocycles. The molecule has 0 saturated heterocycles. The fraction of sp³-hybridized carbons (Fsp3) is 0.444. The molecule has 1 saturated carbocycles. The van der Waals surface area contributed by atoms with E-state index in [4.69, 9.17) is 9.47 Å². The number of allylic oxidation sites excluding steroid dienone is 2. The molecule has 2 aliphatic carbocycles. The summed E-state index contributed by atoms with van der Waals surface area (Å²) in [5.41, 5.74) is 1.47. The second-order valence-electron chi connectivity index (χ2n) is 8.84. The summed E-state index contributed by atoms with van der Waals surface area (Å²) in [7, 11) is 1.60. The molecule has 1 atom stereocenters. The van der Waals surface area contributed by atoms with Gasteiger partial charge in [-0.15, -0.1) is 4.58 Å². The Labute approximate surface area is 219 Å². The van der Waals surface area contributed by atoms with Crippen molar-refractivity contribution in [2.45, 2.75) is 49.9 Å². The highest BCUT2D eigenvalue weighted by molar-refractivity contribution is 9.10. The Balaban J connectivity index is 1.38. The number of carbonyl (C=O) groups is 2. The fourth-order valence-corrected chi connectivity index (χ4v) is 6.33. The molecule has 1 fully saturated rings. The summed E-state index contributed by atoms with van der Waals surface area (Å²) in [4.78, 5) is 26.0. The van der Waals surface area contributed by atoms with Gasteiger partial charge in [0.1, 0.15) is 5.75 Å². The number of hydrogen-bond acceptors (Lipinski definition) is 5. The molecule has 0 spiro atoms. The first-order chi connectivity index (χ1) is 17.0. The summed E-state index contributed by atoms with van der Waals surface area (Å²) in [5.74, 6) is 1.47. The molecular formula is C27H32BrN2O4S+. The highest BCUT2D eigenvalue weighted by Gasteiger charge is 2.40. The lowest BCUT2D eigenvalue weighted by atomic mass is 10.0. The molecule has 3 aliphatic rings. The van der Waals surface area contributed by atoms with E-state index in [1.54, 1.807) is 13.2 Å². The van der Waals surface area contributed by atoms with Crippen molar-refractivity contribution >= 4 is 51.3 Å². The smallest absolute Gasteiger partial charge is 0.455 e. The topological polar surface area (TPSA) is 67.6 Å². The number of ether oxygens (including phenoxy) is 2. The zero-order valence-corrected chi connectivity index (χ0v) is 22.4. The number of carbonyl (C=O) groups excluding carboxylic acids is 2. The lowest BCUT2D eigenvalue weighted by Crippen LogP contribution is -2.46. The Bertz CT molecular complexity index is 1070. The van der Waals surface area contributed by atoms with Crippen LogP contribution in [-0.2, 0) is 14.3 Å². The van der Waals surface area contributed by atoms with Gasteiger partial charge in [-0.1, -0.05) is 37.5 Å². The third-order valence-electron chi connectivity index (χ3n) is 6.30. The first-order valence-electron chi connectivity index (χ1n) is 12.2. The Morgan fingerprint density at radius 3 is 2.89 bits per heavy atom. The van der Waals surface area contributed by atoms with Crippen LogP contribution in [0.5, 0.6) is 5.75 Å². The zero-order chi connectivity index (χ0) is 24.6. The number of nitrogens with zero attached hydrogens (tertiary/aromatic N) is 1. The number of hydrogen-bond donors (Lipinski definition) is 1. The molecule has 1 N–H and O–H groups in total. The van der Waals surface area contributed by atoms with Crippen molar-refractivity contribution in [1.82, 2.24) is 5.32 Å². The van der Waals surface area contributed by atoms with Crippen LogP contribution in [0, 0.1) is 0 Å². The predicted octanol–water partition coefficient (Wildman–Crippen LogP) is 4.88. The predicted molar refractivity (Wildman–Crippen MR) is 144 cm³/mol.